The van der Waals surface area contributed by atoms with E-state index in [0.717, 1.165) is 24.8 Å². The molecule has 8 heteroatoms. The van der Waals surface area contributed by atoms with Gasteiger partial charge in [0.05, 0.1) is 6.61 Å². The topological polar surface area (TPSA) is 95.9 Å². The zero-order valence-electron chi connectivity index (χ0n) is 24.3. The van der Waals surface area contributed by atoms with Crippen LogP contribution >= 0.6 is 0 Å². The van der Waals surface area contributed by atoms with Crippen LogP contribution < -0.4 is 15.0 Å². The number of benzene rings is 4. The van der Waals surface area contributed by atoms with Crippen molar-refractivity contribution in [1.82, 2.24) is 0 Å². The van der Waals surface area contributed by atoms with Crippen LogP contribution in [0, 0.1) is 11.7 Å². The number of hydrogen-bond donors (Lipinski definition) is 2. The molecule has 0 aliphatic heterocycles. The molecule has 1 aliphatic carbocycles. The second-order valence-corrected chi connectivity index (χ2v) is 10.9. The molecule has 0 saturated heterocycles. The Morgan fingerprint density at radius 1 is 0.886 bits per heavy atom. The van der Waals surface area contributed by atoms with E-state index in [-0.39, 0.29) is 29.8 Å². The molecule has 1 saturated carbocycles. The summed E-state index contributed by atoms with van der Waals surface area (Å²) >= 11 is 0. The summed E-state index contributed by atoms with van der Waals surface area (Å²) in [7, 11) is 0. The second-order valence-electron chi connectivity index (χ2n) is 10.9. The number of ether oxygens (including phenoxy) is 1. The van der Waals surface area contributed by atoms with Crippen molar-refractivity contribution >= 4 is 29.0 Å². The average Bonchev–Trinajstić information content (AvgIpc) is 3.01. The molecule has 1 aliphatic rings. The smallest absolute Gasteiger partial charge is 0.326 e. The summed E-state index contributed by atoms with van der Waals surface area (Å²) < 4.78 is 19.4. The van der Waals surface area contributed by atoms with Gasteiger partial charge in [0.1, 0.15) is 17.6 Å². The monoisotopic (exact) mass is 594 g/mol. The zero-order valence-corrected chi connectivity index (χ0v) is 24.3. The Kier molecular flexibility index (Phi) is 10.0. The number of amides is 1. The van der Waals surface area contributed by atoms with Crippen molar-refractivity contribution < 1.29 is 28.6 Å². The van der Waals surface area contributed by atoms with Crippen LogP contribution in [0.1, 0.15) is 47.2 Å². The van der Waals surface area contributed by atoms with Gasteiger partial charge in [0, 0.05) is 41.4 Å². The SMILES string of the molecule is O=C(c1ccccc1)c1ccccc1N[C@@H](Cc1ccc(OCCCN(C(=O)C2CCC2)c2ccc(F)cc2)cc1)C(=O)O. The summed E-state index contributed by atoms with van der Waals surface area (Å²) in [6, 6.07) is 28.0. The van der Waals surface area contributed by atoms with Gasteiger partial charge in [0.25, 0.3) is 0 Å². The number of halogens is 1. The van der Waals surface area contributed by atoms with Gasteiger partial charge in [-0.25, -0.2) is 9.18 Å². The highest BCUT2D eigenvalue weighted by Gasteiger charge is 2.30. The number of nitrogens with one attached hydrogen (secondary N) is 1. The third-order valence-corrected chi connectivity index (χ3v) is 7.85. The number of ketones is 1. The van der Waals surface area contributed by atoms with Crippen molar-refractivity contribution in [3.8, 4) is 5.75 Å². The molecule has 4 aromatic rings. The van der Waals surface area contributed by atoms with Gasteiger partial charge in [-0.2, -0.15) is 0 Å². The van der Waals surface area contributed by atoms with E-state index in [1.165, 1.54) is 12.1 Å². The fourth-order valence-corrected chi connectivity index (χ4v) is 5.17. The quantitative estimate of drug-likeness (QED) is 0.124. The van der Waals surface area contributed by atoms with Gasteiger partial charge in [0.2, 0.25) is 5.91 Å². The molecule has 44 heavy (non-hydrogen) atoms. The maximum Gasteiger partial charge on any atom is 0.326 e. The normalized spacial score (nSPS) is 13.4. The number of hydrogen-bond acceptors (Lipinski definition) is 5. The number of nitrogens with zero attached hydrogens (tertiary/aromatic N) is 1. The van der Waals surface area contributed by atoms with Crippen LogP contribution in [-0.2, 0) is 16.0 Å². The molecule has 1 amide bonds. The summed E-state index contributed by atoms with van der Waals surface area (Å²) in [5.74, 6) is -0.839. The van der Waals surface area contributed by atoms with Crippen LogP contribution in [-0.4, -0.2) is 42.0 Å². The first-order valence-corrected chi connectivity index (χ1v) is 14.9. The van der Waals surface area contributed by atoms with E-state index in [9.17, 15) is 23.9 Å². The molecule has 0 radical (unpaired) electrons. The lowest BCUT2D eigenvalue weighted by molar-refractivity contribution is -0.137. The first kappa shape index (κ1) is 30.5. The highest BCUT2D eigenvalue weighted by molar-refractivity contribution is 6.12. The van der Waals surface area contributed by atoms with Crippen molar-refractivity contribution in [2.45, 2.75) is 38.1 Å². The Labute approximate surface area is 256 Å². The number of aliphatic carboxylic acids is 1. The molecule has 0 heterocycles. The first-order valence-electron chi connectivity index (χ1n) is 14.9. The molecule has 0 spiro atoms. The Hall–Kier alpha value is -4.98. The van der Waals surface area contributed by atoms with Crippen molar-refractivity contribution in [2.75, 3.05) is 23.4 Å². The van der Waals surface area contributed by atoms with Gasteiger partial charge in [-0.3, -0.25) is 9.59 Å². The highest BCUT2D eigenvalue weighted by atomic mass is 19.1. The summed E-state index contributed by atoms with van der Waals surface area (Å²) in [4.78, 5) is 40.0. The van der Waals surface area contributed by atoms with Crippen molar-refractivity contribution in [2.24, 2.45) is 5.92 Å². The van der Waals surface area contributed by atoms with Crippen LogP contribution in [0.3, 0.4) is 0 Å². The Balaban J connectivity index is 1.16. The van der Waals surface area contributed by atoms with E-state index in [1.807, 2.05) is 18.2 Å². The molecule has 7 nitrogen and oxygen atoms in total. The summed E-state index contributed by atoms with van der Waals surface area (Å²) in [6.07, 6.45) is 3.60. The molecule has 2 N–H and O–H groups in total. The lowest BCUT2D eigenvalue weighted by Crippen LogP contribution is -2.40. The van der Waals surface area contributed by atoms with Gasteiger partial charge < -0.3 is 20.1 Å². The van der Waals surface area contributed by atoms with E-state index in [2.05, 4.69) is 5.32 Å². The molecular formula is C36H35FN2O5. The van der Waals surface area contributed by atoms with E-state index >= 15 is 0 Å². The number of carbonyl (C=O) groups excluding carboxylic acids is 2. The average molecular weight is 595 g/mol. The minimum Gasteiger partial charge on any atom is -0.494 e. The van der Waals surface area contributed by atoms with Crippen LogP contribution in [0.15, 0.2) is 103 Å². The molecule has 5 rings (SSSR count). The number of carboxylic acids is 1. The molecule has 4 aromatic carbocycles. The third kappa shape index (κ3) is 7.69. The summed E-state index contributed by atoms with van der Waals surface area (Å²) in [6.45, 7) is 0.833. The van der Waals surface area contributed by atoms with E-state index in [4.69, 9.17) is 4.74 Å². The highest BCUT2D eigenvalue weighted by Crippen LogP contribution is 2.30. The lowest BCUT2D eigenvalue weighted by Gasteiger charge is -2.31. The van der Waals surface area contributed by atoms with E-state index < -0.39 is 12.0 Å². The minimum atomic E-state index is -1.03. The van der Waals surface area contributed by atoms with Crippen molar-refractivity contribution in [1.29, 1.82) is 0 Å². The van der Waals surface area contributed by atoms with Gasteiger partial charge >= 0.3 is 5.97 Å². The maximum atomic E-state index is 13.5. The Bertz CT molecular complexity index is 1570. The number of rotatable bonds is 14. The van der Waals surface area contributed by atoms with Crippen molar-refractivity contribution in [3.05, 3.63) is 126 Å². The minimum absolute atomic E-state index is 0.0236. The predicted octanol–water partition coefficient (Wildman–Crippen LogP) is 6.77. The van der Waals surface area contributed by atoms with Gasteiger partial charge in [0.15, 0.2) is 5.78 Å². The fraction of sp³-hybridized carbons (Fsp3) is 0.250. The Morgan fingerprint density at radius 2 is 1.57 bits per heavy atom. The summed E-state index contributed by atoms with van der Waals surface area (Å²) in [5, 5.41) is 13.0. The van der Waals surface area contributed by atoms with Gasteiger partial charge in [-0.05, 0) is 73.4 Å². The lowest BCUT2D eigenvalue weighted by atomic mass is 9.84. The standard InChI is InChI=1S/C36H35FN2O5/c37-28-16-18-29(19-17-28)39(35(41)27-10-6-11-27)22-7-23-44-30-20-14-25(15-21-30)24-33(36(42)43)38-32-13-5-4-12-31(32)34(40)26-8-2-1-3-9-26/h1-5,8-9,12-21,27,33,38H,6-7,10-11,22-24H2,(H,42,43)/t33-/m0/s1. The molecule has 1 fully saturated rings. The second kappa shape index (κ2) is 14.5. The molecular weight excluding hydrogens is 559 g/mol. The largest absolute Gasteiger partial charge is 0.494 e. The third-order valence-electron chi connectivity index (χ3n) is 7.85. The van der Waals surface area contributed by atoms with Crippen LogP contribution in [0.2, 0.25) is 0 Å². The van der Waals surface area contributed by atoms with Crippen molar-refractivity contribution in [3.63, 3.8) is 0 Å². The number of para-hydroxylation sites is 1. The number of carboxylic acid groups (broad SMARTS) is 1. The van der Waals surface area contributed by atoms with E-state index in [1.54, 1.807) is 77.7 Å². The Morgan fingerprint density at radius 3 is 2.23 bits per heavy atom. The number of carbonyl (C=O) groups is 3. The maximum absolute atomic E-state index is 13.5. The summed E-state index contributed by atoms with van der Waals surface area (Å²) in [5.41, 5.74) is 2.86. The van der Waals surface area contributed by atoms with E-state index in [0.29, 0.717) is 47.8 Å². The van der Waals surface area contributed by atoms with Gasteiger partial charge in [-0.15, -0.1) is 0 Å². The van der Waals surface area contributed by atoms with Crippen LogP contribution in [0.25, 0.3) is 0 Å². The fourth-order valence-electron chi connectivity index (χ4n) is 5.17. The molecule has 0 aromatic heterocycles. The first-order chi connectivity index (χ1) is 21.4. The van der Waals surface area contributed by atoms with Crippen LogP contribution in [0.4, 0.5) is 15.8 Å². The van der Waals surface area contributed by atoms with Gasteiger partial charge in [-0.1, -0.05) is 61.0 Å². The molecule has 0 bridgehead atoms. The molecule has 0 unspecified atom stereocenters. The predicted molar refractivity (Wildman–Crippen MR) is 168 cm³/mol. The molecule has 1 atom stereocenters. The zero-order chi connectivity index (χ0) is 30.9. The van der Waals surface area contributed by atoms with Crippen LogP contribution in [0.5, 0.6) is 5.75 Å². The number of anilines is 2. The molecule has 226 valence electrons.